The molecule has 1 atom stereocenters. The van der Waals surface area contributed by atoms with Crippen molar-refractivity contribution in [2.24, 2.45) is 7.05 Å². The van der Waals surface area contributed by atoms with Crippen molar-refractivity contribution in [3.05, 3.63) is 62.4 Å². The number of nitrogens with zero attached hydrogens (tertiary/aromatic N) is 4. The lowest BCUT2D eigenvalue weighted by Crippen LogP contribution is -2.52. The predicted octanol–water partition coefficient (Wildman–Crippen LogP) is 5.57. The number of likely N-dealkylation sites (N-methyl/N-ethyl adjacent to an activating group) is 1. The number of halogens is 5. The number of benzene rings is 2. The zero-order valence-corrected chi connectivity index (χ0v) is 20.8. The lowest BCUT2D eigenvalue weighted by Gasteiger charge is -2.37. The van der Waals surface area contributed by atoms with Crippen molar-refractivity contribution in [3.63, 3.8) is 0 Å². The molecule has 182 valence electrons. The van der Waals surface area contributed by atoms with Crippen molar-refractivity contribution in [1.29, 1.82) is 0 Å². The minimum atomic E-state index is -4.45. The molecule has 1 aromatic heterocycles. The molecule has 1 aliphatic rings. The average Bonchev–Trinajstić information content (AvgIpc) is 3.08. The van der Waals surface area contributed by atoms with E-state index in [1.807, 2.05) is 7.05 Å². The van der Waals surface area contributed by atoms with Crippen LogP contribution in [0.15, 0.2) is 24.3 Å². The molecule has 3 aromatic rings. The molecule has 0 saturated carbocycles. The Morgan fingerprint density at radius 2 is 1.88 bits per heavy atom. The van der Waals surface area contributed by atoms with Crippen LogP contribution >= 0.6 is 23.2 Å². The molecule has 0 N–H and O–H groups in total. The van der Waals surface area contributed by atoms with E-state index in [4.69, 9.17) is 23.2 Å². The summed E-state index contributed by atoms with van der Waals surface area (Å²) in [6.45, 7) is 5.62. The number of rotatable bonds is 3. The van der Waals surface area contributed by atoms with Crippen LogP contribution in [0.5, 0.6) is 0 Å². The van der Waals surface area contributed by atoms with Crippen LogP contribution in [0.3, 0.4) is 0 Å². The van der Waals surface area contributed by atoms with Crippen molar-refractivity contribution in [2.45, 2.75) is 32.5 Å². The third kappa shape index (κ3) is 4.51. The van der Waals surface area contributed by atoms with Gasteiger partial charge in [-0.05, 0) is 56.3 Å². The molecule has 1 unspecified atom stereocenters. The Balaban J connectivity index is 1.70. The zero-order valence-electron chi connectivity index (χ0n) is 19.3. The maximum Gasteiger partial charge on any atom is 0.416 e. The molecule has 5 nitrogen and oxygen atoms in total. The van der Waals surface area contributed by atoms with Crippen LogP contribution in [0.2, 0.25) is 10.0 Å². The summed E-state index contributed by atoms with van der Waals surface area (Å²) in [5, 5.41) is 0.608. The molecule has 0 aliphatic carbocycles. The molecule has 1 aliphatic heterocycles. The number of piperazine rings is 1. The van der Waals surface area contributed by atoms with E-state index in [0.29, 0.717) is 51.7 Å². The second kappa shape index (κ2) is 9.06. The molecule has 1 amide bonds. The number of aromatic nitrogens is 2. The van der Waals surface area contributed by atoms with Gasteiger partial charge in [0.05, 0.1) is 27.2 Å². The van der Waals surface area contributed by atoms with E-state index in [1.54, 1.807) is 35.6 Å². The molecule has 34 heavy (non-hydrogen) atoms. The minimum Gasteiger partial charge on any atom is -0.336 e. The molecule has 0 radical (unpaired) electrons. The SMILES string of the molecule is Cc1cc(C(F)(F)F)cc2c1nc(Cc1c(Cl)ccc(C(=O)N3CCN(C)C(C)C3)c1Cl)n2C. The molecular formula is C24H25Cl2F3N4O. The van der Waals surface area contributed by atoms with Crippen LogP contribution in [-0.4, -0.2) is 58.0 Å². The third-order valence-corrected chi connectivity index (χ3v) is 7.38. The molecule has 10 heteroatoms. The summed E-state index contributed by atoms with van der Waals surface area (Å²) in [4.78, 5) is 21.8. The number of fused-ring (bicyclic) bond motifs is 1. The van der Waals surface area contributed by atoms with Crippen molar-refractivity contribution in [1.82, 2.24) is 19.4 Å². The Morgan fingerprint density at radius 3 is 2.53 bits per heavy atom. The van der Waals surface area contributed by atoms with E-state index >= 15 is 0 Å². The second-order valence-corrected chi connectivity index (χ2v) is 9.68. The van der Waals surface area contributed by atoms with Crippen molar-refractivity contribution >= 4 is 40.1 Å². The summed E-state index contributed by atoms with van der Waals surface area (Å²) in [6, 6.07) is 5.67. The molecule has 1 saturated heterocycles. The van der Waals surface area contributed by atoms with Gasteiger partial charge in [-0.15, -0.1) is 0 Å². The van der Waals surface area contributed by atoms with E-state index in [2.05, 4.69) is 16.8 Å². The van der Waals surface area contributed by atoms with E-state index in [1.165, 1.54) is 0 Å². The third-order valence-electron chi connectivity index (χ3n) is 6.60. The number of hydrogen-bond acceptors (Lipinski definition) is 3. The van der Waals surface area contributed by atoms with Crippen LogP contribution in [0.25, 0.3) is 11.0 Å². The summed E-state index contributed by atoms with van der Waals surface area (Å²) in [5.41, 5.74) is 1.43. The van der Waals surface area contributed by atoms with Gasteiger partial charge in [-0.25, -0.2) is 4.98 Å². The zero-order chi connectivity index (χ0) is 24.9. The highest BCUT2D eigenvalue weighted by molar-refractivity contribution is 6.38. The lowest BCUT2D eigenvalue weighted by molar-refractivity contribution is -0.137. The van der Waals surface area contributed by atoms with Gasteiger partial charge in [-0.3, -0.25) is 4.79 Å². The fourth-order valence-corrected chi connectivity index (χ4v) is 4.90. The van der Waals surface area contributed by atoms with Crippen molar-refractivity contribution in [3.8, 4) is 0 Å². The minimum absolute atomic E-state index is 0.168. The molecule has 2 aromatic carbocycles. The topological polar surface area (TPSA) is 41.4 Å². The van der Waals surface area contributed by atoms with Gasteiger partial charge in [0.2, 0.25) is 0 Å². The number of carbonyl (C=O) groups excluding carboxylic acids is 1. The smallest absolute Gasteiger partial charge is 0.336 e. The maximum absolute atomic E-state index is 13.3. The predicted molar refractivity (Wildman–Crippen MR) is 128 cm³/mol. The summed E-state index contributed by atoms with van der Waals surface area (Å²) >= 11 is 13.1. The van der Waals surface area contributed by atoms with Gasteiger partial charge in [0.1, 0.15) is 5.82 Å². The van der Waals surface area contributed by atoms with Crippen molar-refractivity contribution in [2.75, 3.05) is 26.7 Å². The Hall–Kier alpha value is -2.29. The van der Waals surface area contributed by atoms with Gasteiger partial charge in [0.25, 0.3) is 5.91 Å². The molecule has 4 rings (SSSR count). The summed E-state index contributed by atoms with van der Waals surface area (Å²) in [6.07, 6.45) is -4.28. The molecular weight excluding hydrogens is 488 g/mol. The monoisotopic (exact) mass is 512 g/mol. The average molecular weight is 513 g/mol. The molecule has 0 bridgehead atoms. The first-order valence-electron chi connectivity index (χ1n) is 10.9. The van der Waals surface area contributed by atoms with Crippen molar-refractivity contribution < 1.29 is 18.0 Å². The number of carbonyl (C=O) groups is 1. The number of alkyl halides is 3. The second-order valence-electron chi connectivity index (χ2n) is 8.89. The highest BCUT2D eigenvalue weighted by atomic mass is 35.5. The van der Waals surface area contributed by atoms with Gasteiger partial charge < -0.3 is 14.4 Å². The van der Waals surface area contributed by atoms with Crippen LogP contribution in [0.4, 0.5) is 13.2 Å². The molecule has 1 fully saturated rings. The number of imidazole rings is 1. The highest BCUT2D eigenvalue weighted by Gasteiger charge is 2.32. The number of hydrogen-bond donors (Lipinski definition) is 0. The van der Waals surface area contributed by atoms with Crippen LogP contribution < -0.4 is 0 Å². The highest BCUT2D eigenvalue weighted by Crippen LogP contribution is 2.35. The fraction of sp³-hybridized carbons (Fsp3) is 0.417. The normalized spacial score (nSPS) is 17.6. The first-order chi connectivity index (χ1) is 15.9. The number of aryl methyl sites for hydroxylation is 2. The summed E-state index contributed by atoms with van der Waals surface area (Å²) < 4.78 is 41.5. The summed E-state index contributed by atoms with van der Waals surface area (Å²) in [7, 11) is 3.68. The standard InChI is InChI=1S/C24H25Cl2F3N4O/c1-13-9-15(24(27,28)29)10-19-22(13)30-20(32(19)4)11-17-18(25)6-5-16(21(17)26)23(34)33-8-7-31(3)14(2)12-33/h5-6,9-10,14H,7-8,11-12H2,1-4H3. The Labute approximate surface area is 206 Å². The van der Waals surface area contributed by atoms with Gasteiger partial charge in [0.15, 0.2) is 0 Å². The van der Waals surface area contributed by atoms with Gasteiger partial charge in [-0.1, -0.05) is 23.2 Å². The molecule has 2 heterocycles. The first-order valence-corrected chi connectivity index (χ1v) is 11.6. The summed E-state index contributed by atoms with van der Waals surface area (Å²) in [5.74, 6) is 0.331. The van der Waals surface area contributed by atoms with E-state index in [9.17, 15) is 18.0 Å². The maximum atomic E-state index is 13.3. The van der Waals surface area contributed by atoms with Gasteiger partial charge in [-0.2, -0.15) is 13.2 Å². The molecule has 0 spiro atoms. The largest absolute Gasteiger partial charge is 0.416 e. The van der Waals surface area contributed by atoms with Gasteiger partial charge >= 0.3 is 6.18 Å². The van der Waals surface area contributed by atoms with Crippen LogP contribution in [-0.2, 0) is 19.6 Å². The first kappa shape index (κ1) is 24.8. The van der Waals surface area contributed by atoms with Gasteiger partial charge in [0, 0.05) is 44.2 Å². The van der Waals surface area contributed by atoms with E-state index in [-0.39, 0.29) is 23.4 Å². The quantitative estimate of drug-likeness (QED) is 0.460. The number of amides is 1. The van der Waals surface area contributed by atoms with Crippen LogP contribution in [0, 0.1) is 6.92 Å². The van der Waals surface area contributed by atoms with E-state index in [0.717, 1.165) is 18.7 Å². The van der Waals surface area contributed by atoms with Crippen LogP contribution in [0.1, 0.15) is 39.8 Å². The van der Waals surface area contributed by atoms with E-state index < -0.39 is 11.7 Å². The Bertz CT molecular complexity index is 1270. The Morgan fingerprint density at radius 1 is 1.18 bits per heavy atom. The Kier molecular flexibility index (Phi) is 6.61. The lowest BCUT2D eigenvalue weighted by atomic mass is 10.1. The fourth-order valence-electron chi connectivity index (χ4n) is 4.31.